The minimum absolute atomic E-state index is 0.00977. The van der Waals surface area contributed by atoms with Gasteiger partial charge in [0.2, 0.25) is 0 Å². The van der Waals surface area contributed by atoms with Gasteiger partial charge in [-0.05, 0) is 36.3 Å². The third-order valence-electron chi connectivity index (χ3n) is 2.54. The molecule has 18 heavy (non-hydrogen) atoms. The molecule has 0 aliphatic carbocycles. The summed E-state index contributed by atoms with van der Waals surface area (Å²) in [5.74, 6) is 0.637. The fourth-order valence-electron chi connectivity index (χ4n) is 1.34. The molecular weight excluding hydrogens is 249 g/mol. The summed E-state index contributed by atoms with van der Waals surface area (Å²) in [5, 5.41) is 0. The Bertz CT molecular complexity index is 426. The van der Waals surface area contributed by atoms with Crippen molar-refractivity contribution >= 4 is 17.7 Å². The molecule has 0 aliphatic rings. The minimum Gasteiger partial charge on any atom is -0.345 e. The van der Waals surface area contributed by atoms with Crippen LogP contribution >= 0.6 is 11.8 Å². The van der Waals surface area contributed by atoms with Gasteiger partial charge in [0.25, 0.3) is 5.91 Å². The molecule has 0 aliphatic heterocycles. The van der Waals surface area contributed by atoms with Gasteiger partial charge in [-0.2, -0.15) is 0 Å². The number of nitrogens with zero attached hydrogens (tertiary/aromatic N) is 1. The highest BCUT2D eigenvalue weighted by Gasteiger charge is 2.07. The molecule has 2 nitrogen and oxygen atoms in total. The first-order valence-corrected chi connectivity index (χ1v) is 6.79. The van der Waals surface area contributed by atoms with E-state index in [9.17, 15) is 9.18 Å². The van der Waals surface area contributed by atoms with Gasteiger partial charge < -0.3 is 4.90 Å². The molecule has 98 valence electrons. The van der Waals surface area contributed by atoms with Crippen molar-refractivity contribution in [2.75, 3.05) is 19.8 Å². The molecule has 0 bridgehead atoms. The number of carbonyl (C=O) groups excluding carboxylic acids is 1. The average molecular weight is 267 g/mol. The molecular formula is C14H18FNOS. The van der Waals surface area contributed by atoms with Crippen LogP contribution in [-0.2, 0) is 0 Å². The fourth-order valence-corrected chi connectivity index (χ4v) is 2.29. The van der Waals surface area contributed by atoms with Crippen LogP contribution in [0.3, 0.4) is 0 Å². The van der Waals surface area contributed by atoms with Crippen molar-refractivity contribution in [2.24, 2.45) is 0 Å². The first-order chi connectivity index (χ1) is 8.58. The summed E-state index contributed by atoms with van der Waals surface area (Å²) < 4.78 is 12.4. The van der Waals surface area contributed by atoms with Crippen molar-refractivity contribution in [3.63, 3.8) is 0 Å². The van der Waals surface area contributed by atoms with Crippen molar-refractivity contribution < 1.29 is 9.18 Å². The Morgan fingerprint density at radius 2 is 1.94 bits per heavy atom. The van der Waals surface area contributed by atoms with Gasteiger partial charge in [0.05, 0.1) is 6.33 Å². The van der Waals surface area contributed by atoms with Gasteiger partial charge in [-0.15, -0.1) is 11.8 Å². The van der Waals surface area contributed by atoms with E-state index in [2.05, 4.69) is 0 Å². The maximum Gasteiger partial charge on any atom is 0.253 e. The summed E-state index contributed by atoms with van der Waals surface area (Å²) in [7, 11) is 3.45. The Morgan fingerprint density at radius 3 is 2.39 bits per heavy atom. The number of halogens is 1. The number of hydrogen-bond acceptors (Lipinski definition) is 2. The van der Waals surface area contributed by atoms with Crippen LogP contribution in [0.15, 0.2) is 41.1 Å². The van der Waals surface area contributed by atoms with Gasteiger partial charge >= 0.3 is 0 Å². The normalized spacial score (nSPS) is 11.4. The zero-order valence-electron chi connectivity index (χ0n) is 10.9. The standard InChI is InChI=1S/C14H18FNOS/c1-4-11(9-15)10-18-13-7-5-12(6-8-13)14(17)16(2)3/h5-9H,4,10H2,1-3H3. The summed E-state index contributed by atoms with van der Waals surface area (Å²) >= 11 is 1.57. The summed E-state index contributed by atoms with van der Waals surface area (Å²) in [6.45, 7) is 1.94. The molecule has 0 saturated carbocycles. The van der Waals surface area contributed by atoms with E-state index in [-0.39, 0.29) is 5.91 Å². The van der Waals surface area contributed by atoms with E-state index < -0.39 is 0 Å². The van der Waals surface area contributed by atoms with Gasteiger partial charge in [-0.3, -0.25) is 4.79 Å². The SMILES string of the molecule is CCC(=CF)CSc1ccc(C(=O)N(C)C)cc1. The number of thioether (sulfide) groups is 1. The molecule has 1 amide bonds. The molecule has 0 fully saturated rings. The number of carbonyl (C=O) groups is 1. The largest absolute Gasteiger partial charge is 0.345 e. The molecule has 1 rings (SSSR count). The van der Waals surface area contributed by atoms with Gasteiger partial charge in [-0.1, -0.05) is 6.92 Å². The van der Waals surface area contributed by atoms with Crippen molar-refractivity contribution in [1.82, 2.24) is 4.90 Å². The second-order valence-corrected chi connectivity index (χ2v) is 5.18. The summed E-state index contributed by atoms with van der Waals surface area (Å²) in [6, 6.07) is 7.39. The van der Waals surface area contributed by atoms with Crippen LogP contribution in [0.2, 0.25) is 0 Å². The topological polar surface area (TPSA) is 20.3 Å². The van der Waals surface area contributed by atoms with Gasteiger partial charge in [0.1, 0.15) is 0 Å². The van der Waals surface area contributed by atoms with Crippen molar-refractivity contribution in [3.8, 4) is 0 Å². The predicted molar refractivity (Wildman–Crippen MR) is 74.7 cm³/mol. The van der Waals surface area contributed by atoms with Gasteiger partial charge in [0.15, 0.2) is 0 Å². The summed E-state index contributed by atoms with van der Waals surface area (Å²) in [6.07, 6.45) is 1.40. The van der Waals surface area contributed by atoms with Crippen LogP contribution in [-0.4, -0.2) is 30.7 Å². The van der Waals surface area contributed by atoms with Crippen LogP contribution in [0, 0.1) is 0 Å². The molecule has 0 aromatic heterocycles. The van der Waals surface area contributed by atoms with Crippen LogP contribution < -0.4 is 0 Å². The quantitative estimate of drug-likeness (QED) is 0.757. The van der Waals surface area contributed by atoms with E-state index in [1.807, 2.05) is 19.1 Å². The predicted octanol–water partition coefficient (Wildman–Crippen LogP) is 3.74. The average Bonchev–Trinajstić information content (AvgIpc) is 2.39. The highest BCUT2D eigenvalue weighted by atomic mass is 32.2. The molecule has 0 atom stereocenters. The van der Waals surface area contributed by atoms with E-state index in [1.54, 1.807) is 42.9 Å². The van der Waals surface area contributed by atoms with Crippen LogP contribution in [0.25, 0.3) is 0 Å². The Hall–Kier alpha value is -1.29. The first kappa shape index (κ1) is 14.8. The maximum atomic E-state index is 12.4. The number of rotatable bonds is 5. The third kappa shape index (κ3) is 4.18. The molecule has 4 heteroatoms. The van der Waals surface area contributed by atoms with E-state index in [1.165, 1.54) is 0 Å². The Morgan fingerprint density at radius 1 is 1.33 bits per heavy atom. The second-order valence-electron chi connectivity index (χ2n) is 4.13. The molecule has 0 saturated heterocycles. The van der Waals surface area contributed by atoms with Crippen LogP contribution in [0.4, 0.5) is 4.39 Å². The lowest BCUT2D eigenvalue weighted by atomic mass is 10.2. The minimum atomic E-state index is -0.00977. The Balaban J connectivity index is 2.63. The summed E-state index contributed by atoms with van der Waals surface area (Å²) in [5.41, 5.74) is 1.45. The van der Waals surface area contributed by atoms with Gasteiger partial charge in [0, 0.05) is 30.3 Å². The molecule has 0 unspecified atom stereocenters. The molecule has 0 spiro atoms. The molecule has 0 radical (unpaired) electrons. The monoisotopic (exact) mass is 267 g/mol. The maximum absolute atomic E-state index is 12.4. The van der Waals surface area contributed by atoms with Crippen molar-refractivity contribution in [3.05, 3.63) is 41.7 Å². The van der Waals surface area contributed by atoms with E-state index in [4.69, 9.17) is 0 Å². The van der Waals surface area contributed by atoms with E-state index in [0.717, 1.165) is 16.9 Å². The molecule has 0 heterocycles. The molecule has 1 aromatic carbocycles. The fraction of sp³-hybridized carbons (Fsp3) is 0.357. The number of amides is 1. The molecule has 1 aromatic rings. The van der Waals surface area contributed by atoms with Crippen molar-refractivity contribution in [1.29, 1.82) is 0 Å². The highest BCUT2D eigenvalue weighted by molar-refractivity contribution is 7.99. The zero-order chi connectivity index (χ0) is 13.5. The van der Waals surface area contributed by atoms with E-state index >= 15 is 0 Å². The lowest BCUT2D eigenvalue weighted by molar-refractivity contribution is 0.0827. The Labute approximate surface area is 112 Å². The van der Waals surface area contributed by atoms with Gasteiger partial charge in [-0.25, -0.2) is 4.39 Å². The Kier molecular flexibility index (Phi) is 5.92. The van der Waals surface area contributed by atoms with E-state index in [0.29, 0.717) is 17.6 Å². The lowest BCUT2D eigenvalue weighted by Crippen LogP contribution is -2.21. The first-order valence-electron chi connectivity index (χ1n) is 5.81. The smallest absolute Gasteiger partial charge is 0.253 e. The third-order valence-corrected chi connectivity index (χ3v) is 3.66. The highest BCUT2D eigenvalue weighted by Crippen LogP contribution is 2.22. The molecule has 0 N–H and O–H groups in total. The zero-order valence-corrected chi connectivity index (χ0v) is 11.8. The lowest BCUT2D eigenvalue weighted by Gasteiger charge is -2.10. The van der Waals surface area contributed by atoms with Crippen LogP contribution in [0.1, 0.15) is 23.7 Å². The van der Waals surface area contributed by atoms with Crippen molar-refractivity contribution in [2.45, 2.75) is 18.2 Å². The number of hydrogen-bond donors (Lipinski definition) is 0. The summed E-state index contributed by atoms with van der Waals surface area (Å²) in [4.78, 5) is 14.3. The van der Waals surface area contributed by atoms with Crippen LogP contribution in [0.5, 0.6) is 0 Å². The second kappa shape index (κ2) is 7.21. The number of benzene rings is 1.